The highest BCUT2D eigenvalue weighted by atomic mass is 35.5. The Morgan fingerprint density at radius 3 is 2.55 bits per heavy atom. The first-order valence-electron chi connectivity index (χ1n) is 6.22. The maximum atomic E-state index is 12.8. The van der Waals surface area contributed by atoms with Gasteiger partial charge in [-0.3, -0.25) is 0 Å². The Kier molecular flexibility index (Phi) is 3.61. The molecule has 0 amide bonds. The van der Waals surface area contributed by atoms with Crippen LogP contribution in [0.25, 0.3) is 5.65 Å². The van der Waals surface area contributed by atoms with Crippen molar-refractivity contribution < 1.29 is 13.2 Å². The van der Waals surface area contributed by atoms with E-state index in [2.05, 4.69) is 20.6 Å². The maximum absolute atomic E-state index is 12.8. The molecule has 114 valence electrons. The lowest BCUT2D eigenvalue weighted by molar-refractivity contribution is -0.146. The second-order valence-corrected chi connectivity index (χ2v) is 4.86. The summed E-state index contributed by atoms with van der Waals surface area (Å²) in [5.74, 6) is -1.22. The van der Waals surface area contributed by atoms with E-state index in [9.17, 15) is 13.2 Å². The van der Waals surface area contributed by atoms with Gasteiger partial charge in [0.05, 0.1) is 5.69 Å². The number of alkyl halides is 3. The van der Waals surface area contributed by atoms with Gasteiger partial charge in [0.1, 0.15) is 0 Å². The van der Waals surface area contributed by atoms with Crippen LogP contribution in [0.3, 0.4) is 0 Å². The fourth-order valence-corrected chi connectivity index (χ4v) is 2.14. The first-order valence-corrected chi connectivity index (χ1v) is 6.60. The minimum Gasteiger partial charge on any atom is -0.378 e. The Hall–Kier alpha value is -2.35. The molecule has 22 heavy (non-hydrogen) atoms. The SMILES string of the molecule is FC(F)(F)c1nnc2c(NCc3ccccc3)cc(Cl)nn12. The zero-order valence-electron chi connectivity index (χ0n) is 11.0. The molecule has 9 heteroatoms. The monoisotopic (exact) mass is 327 g/mol. The van der Waals surface area contributed by atoms with Crippen molar-refractivity contribution in [1.82, 2.24) is 19.8 Å². The molecule has 0 fully saturated rings. The average Bonchev–Trinajstić information content (AvgIpc) is 2.89. The highest BCUT2D eigenvalue weighted by molar-refractivity contribution is 6.29. The zero-order valence-corrected chi connectivity index (χ0v) is 11.7. The molecule has 0 atom stereocenters. The summed E-state index contributed by atoms with van der Waals surface area (Å²) in [4.78, 5) is 0. The van der Waals surface area contributed by atoms with E-state index in [1.807, 2.05) is 30.3 Å². The van der Waals surface area contributed by atoms with Crippen molar-refractivity contribution in [2.45, 2.75) is 12.7 Å². The lowest BCUT2D eigenvalue weighted by atomic mass is 10.2. The lowest BCUT2D eigenvalue weighted by Gasteiger charge is -2.09. The first-order chi connectivity index (χ1) is 10.4. The highest BCUT2D eigenvalue weighted by Crippen LogP contribution is 2.29. The topological polar surface area (TPSA) is 55.1 Å². The third-order valence-corrected chi connectivity index (χ3v) is 3.10. The van der Waals surface area contributed by atoms with Crippen LogP contribution in [0.15, 0.2) is 36.4 Å². The standard InChI is InChI=1S/C13H9ClF3N5/c14-10-6-9(18-7-8-4-2-1-3-5-8)11-19-20-12(13(15,16)17)22(11)21-10/h1-6,18H,7H2. The molecule has 0 radical (unpaired) electrons. The summed E-state index contributed by atoms with van der Waals surface area (Å²) in [5.41, 5.74) is 1.25. The number of hydrogen-bond donors (Lipinski definition) is 1. The number of halogens is 4. The number of nitrogens with one attached hydrogen (secondary N) is 1. The largest absolute Gasteiger partial charge is 0.453 e. The van der Waals surface area contributed by atoms with E-state index in [1.54, 1.807) is 0 Å². The van der Waals surface area contributed by atoms with Gasteiger partial charge in [-0.1, -0.05) is 41.9 Å². The van der Waals surface area contributed by atoms with Crippen molar-refractivity contribution in [3.8, 4) is 0 Å². The normalized spacial score (nSPS) is 11.8. The van der Waals surface area contributed by atoms with Crippen LogP contribution >= 0.6 is 11.6 Å². The van der Waals surface area contributed by atoms with Gasteiger partial charge in [-0.05, 0) is 5.56 Å². The van der Waals surface area contributed by atoms with Crippen LogP contribution in [-0.2, 0) is 12.7 Å². The second kappa shape index (κ2) is 5.45. The fourth-order valence-electron chi connectivity index (χ4n) is 1.95. The van der Waals surface area contributed by atoms with E-state index in [1.165, 1.54) is 6.07 Å². The van der Waals surface area contributed by atoms with Crippen LogP contribution in [0, 0.1) is 0 Å². The molecule has 0 spiro atoms. The van der Waals surface area contributed by atoms with E-state index < -0.39 is 12.0 Å². The first kappa shape index (κ1) is 14.6. The van der Waals surface area contributed by atoms with Crippen LogP contribution in [0.1, 0.15) is 11.4 Å². The Morgan fingerprint density at radius 2 is 1.86 bits per heavy atom. The summed E-state index contributed by atoms with van der Waals surface area (Å²) in [5, 5.41) is 13.2. The number of benzene rings is 1. The molecule has 2 aromatic heterocycles. The minimum atomic E-state index is -4.66. The van der Waals surface area contributed by atoms with Gasteiger partial charge in [0, 0.05) is 12.6 Å². The molecule has 0 aliphatic rings. The van der Waals surface area contributed by atoms with E-state index in [4.69, 9.17) is 11.6 Å². The second-order valence-electron chi connectivity index (χ2n) is 4.48. The summed E-state index contributed by atoms with van der Waals surface area (Å²) in [6.45, 7) is 0.408. The quantitative estimate of drug-likeness (QED) is 0.801. The van der Waals surface area contributed by atoms with Gasteiger partial charge >= 0.3 is 6.18 Å². The molecule has 0 saturated heterocycles. The van der Waals surface area contributed by atoms with Crippen LogP contribution < -0.4 is 5.32 Å². The van der Waals surface area contributed by atoms with Crippen molar-refractivity contribution in [1.29, 1.82) is 0 Å². The van der Waals surface area contributed by atoms with Crippen molar-refractivity contribution >= 4 is 22.9 Å². The van der Waals surface area contributed by atoms with Crippen LogP contribution in [0.5, 0.6) is 0 Å². The Bertz CT molecular complexity index is 801. The van der Waals surface area contributed by atoms with Gasteiger partial charge in [0.2, 0.25) is 5.65 Å². The van der Waals surface area contributed by atoms with E-state index >= 15 is 0 Å². The number of nitrogens with zero attached hydrogens (tertiary/aromatic N) is 4. The van der Waals surface area contributed by atoms with Crippen molar-refractivity contribution in [3.63, 3.8) is 0 Å². The molecule has 1 N–H and O–H groups in total. The van der Waals surface area contributed by atoms with Crippen molar-refractivity contribution in [3.05, 3.63) is 52.9 Å². The Balaban J connectivity index is 1.98. The van der Waals surface area contributed by atoms with Gasteiger partial charge in [-0.2, -0.15) is 22.8 Å². The lowest BCUT2D eigenvalue weighted by Crippen LogP contribution is -2.13. The Morgan fingerprint density at radius 1 is 1.14 bits per heavy atom. The molecular formula is C13H9ClF3N5. The molecule has 1 aromatic carbocycles. The van der Waals surface area contributed by atoms with Crippen LogP contribution in [0.2, 0.25) is 5.15 Å². The molecule has 5 nitrogen and oxygen atoms in total. The number of fused-ring (bicyclic) bond motifs is 1. The van der Waals surface area contributed by atoms with Gasteiger partial charge in [0.15, 0.2) is 5.15 Å². The van der Waals surface area contributed by atoms with Gasteiger partial charge in [-0.25, -0.2) is 0 Å². The molecule has 2 heterocycles. The number of rotatable bonds is 3. The minimum absolute atomic E-state index is 0.0346. The summed E-state index contributed by atoms with van der Waals surface area (Å²) in [7, 11) is 0. The molecule has 0 bridgehead atoms. The predicted molar refractivity (Wildman–Crippen MR) is 74.6 cm³/mol. The number of hydrogen-bond acceptors (Lipinski definition) is 4. The van der Waals surface area contributed by atoms with Gasteiger partial charge < -0.3 is 5.32 Å². The fraction of sp³-hybridized carbons (Fsp3) is 0.154. The maximum Gasteiger partial charge on any atom is 0.453 e. The molecule has 3 rings (SSSR count). The summed E-state index contributed by atoms with van der Waals surface area (Å²) in [6, 6.07) is 10.8. The van der Waals surface area contributed by atoms with Crippen LogP contribution in [0.4, 0.5) is 18.9 Å². The molecule has 0 saturated carbocycles. The third kappa shape index (κ3) is 2.82. The van der Waals surface area contributed by atoms with Gasteiger partial charge in [-0.15, -0.1) is 10.2 Å². The average molecular weight is 328 g/mol. The van der Waals surface area contributed by atoms with E-state index in [0.29, 0.717) is 16.7 Å². The summed E-state index contributed by atoms with van der Waals surface area (Å²) >= 11 is 5.79. The van der Waals surface area contributed by atoms with E-state index in [-0.39, 0.29) is 10.8 Å². The highest BCUT2D eigenvalue weighted by Gasteiger charge is 2.38. The van der Waals surface area contributed by atoms with Crippen molar-refractivity contribution in [2.75, 3.05) is 5.32 Å². The number of aromatic nitrogens is 4. The van der Waals surface area contributed by atoms with Crippen molar-refractivity contribution in [2.24, 2.45) is 0 Å². The smallest absolute Gasteiger partial charge is 0.378 e. The van der Waals surface area contributed by atoms with Gasteiger partial charge in [0.25, 0.3) is 5.82 Å². The molecular weight excluding hydrogens is 319 g/mol. The Labute approximate surface area is 127 Å². The number of anilines is 1. The summed E-state index contributed by atoms with van der Waals surface area (Å²) in [6.07, 6.45) is -4.66. The predicted octanol–water partition coefficient (Wildman–Crippen LogP) is 3.41. The molecule has 0 unspecified atom stereocenters. The molecule has 0 aliphatic carbocycles. The molecule has 3 aromatic rings. The third-order valence-electron chi connectivity index (χ3n) is 2.92. The summed E-state index contributed by atoms with van der Waals surface area (Å²) < 4.78 is 39.1. The zero-order chi connectivity index (χ0) is 15.7. The molecule has 0 aliphatic heterocycles. The van der Waals surface area contributed by atoms with Crippen LogP contribution in [-0.4, -0.2) is 19.8 Å². The van der Waals surface area contributed by atoms with E-state index in [0.717, 1.165) is 5.56 Å².